The Morgan fingerprint density at radius 1 is 0.951 bits per heavy atom. The number of alkyl halides is 1. The second-order valence-corrected chi connectivity index (χ2v) is 11.8. The minimum Gasteiger partial charge on any atom is -0.474 e. The molecule has 0 saturated carbocycles. The molecule has 0 spiro atoms. The highest BCUT2D eigenvalue weighted by Crippen LogP contribution is 2.32. The van der Waals surface area contributed by atoms with Gasteiger partial charge in [0.25, 0.3) is 0 Å². The summed E-state index contributed by atoms with van der Waals surface area (Å²) in [6.45, 7) is 14.9. The van der Waals surface area contributed by atoms with E-state index >= 15 is 0 Å². The molecule has 0 bridgehead atoms. The van der Waals surface area contributed by atoms with Crippen LogP contribution in [0.2, 0.25) is 0 Å². The quantitative estimate of drug-likeness (QED) is 0.183. The zero-order valence-corrected chi connectivity index (χ0v) is 26.0. The average molecular weight is 570 g/mol. The van der Waals surface area contributed by atoms with Gasteiger partial charge in [0, 0.05) is 6.54 Å². The molecule has 0 saturated heterocycles. The molecule has 2 heterocycles. The van der Waals surface area contributed by atoms with Gasteiger partial charge in [-0.3, -0.25) is 0 Å². The van der Waals surface area contributed by atoms with Crippen molar-refractivity contribution in [1.82, 2.24) is 25.4 Å². The summed E-state index contributed by atoms with van der Waals surface area (Å²) in [5, 5.41) is 7.12. The van der Waals surface area contributed by atoms with Gasteiger partial charge in [-0.05, 0) is 64.5 Å². The van der Waals surface area contributed by atoms with Crippen molar-refractivity contribution in [1.29, 1.82) is 0 Å². The first kappa shape index (κ1) is 32.4. The van der Waals surface area contributed by atoms with E-state index < -0.39 is 11.6 Å². The predicted molar refractivity (Wildman–Crippen MR) is 160 cm³/mol. The van der Waals surface area contributed by atoms with Crippen LogP contribution in [0.5, 0.6) is 11.8 Å². The van der Waals surface area contributed by atoms with Crippen LogP contribution < -0.4 is 14.8 Å². The van der Waals surface area contributed by atoms with Crippen LogP contribution in [0.1, 0.15) is 92.0 Å². The number of nitrogens with one attached hydrogen (secondary N) is 1. The van der Waals surface area contributed by atoms with Crippen molar-refractivity contribution in [3.63, 3.8) is 0 Å². The molecule has 0 aliphatic carbocycles. The third kappa shape index (κ3) is 9.21. The summed E-state index contributed by atoms with van der Waals surface area (Å²) in [4.78, 5) is 14.0. The van der Waals surface area contributed by atoms with Gasteiger partial charge in [0.05, 0.1) is 11.5 Å². The summed E-state index contributed by atoms with van der Waals surface area (Å²) in [7, 11) is 1.75. The fourth-order valence-corrected chi connectivity index (χ4v) is 4.71. The molecule has 1 N–H and O–H groups in total. The van der Waals surface area contributed by atoms with Crippen molar-refractivity contribution in [2.24, 2.45) is 11.8 Å². The molecule has 0 aliphatic heterocycles. The molecule has 5 atom stereocenters. The standard InChI is InChI=1S/C32H48FN5O3/c1-9-14-26(17-21(3)10-2)40-28-19-27(39-23(5)22(4)18-25(33)20-34-8)35-29(36-28)30-37-31(41-38-30)32(6,7)24-15-12-11-13-16-24/h11-13,15-16,19,21-23,25-26,34H,9-10,14,17-18,20H2,1-8H3/t21-,22+,23+,25-,26+/m1/s1. The van der Waals surface area contributed by atoms with E-state index in [0.717, 1.165) is 31.2 Å². The Bertz CT molecular complexity index is 1190. The Morgan fingerprint density at radius 3 is 2.27 bits per heavy atom. The van der Waals surface area contributed by atoms with Gasteiger partial charge >= 0.3 is 0 Å². The van der Waals surface area contributed by atoms with Crippen LogP contribution in [0.25, 0.3) is 11.6 Å². The van der Waals surface area contributed by atoms with Crippen LogP contribution in [-0.2, 0) is 5.41 Å². The Morgan fingerprint density at radius 2 is 1.63 bits per heavy atom. The van der Waals surface area contributed by atoms with Crippen molar-refractivity contribution in [2.75, 3.05) is 13.6 Å². The summed E-state index contributed by atoms with van der Waals surface area (Å²) in [6.07, 6.45) is 3.05. The highest BCUT2D eigenvalue weighted by molar-refractivity contribution is 5.46. The Hall–Kier alpha value is -3.07. The lowest BCUT2D eigenvalue weighted by atomic mass is 9.84. The van der Waals surface area contributed by atoms with Crippen molar-refractivity contribution in [2.45, 2.75) is 104 Å². The van der Waals surface area contributed by atoms with Gasteiger partial charge in [-0.25, -0.2) is 4.39 Å². The second-order valence-electron chi connectivity index (χ2n) is 11.8. The largest absolute Gasteiger partial charge is 0.474 e. The van der Waals surface area contributed by atoms with Crippen LogP contribution in [0.3, 0.4) is 0 Å². The molecule has 0 amide bonds. The summed E-state index contributed by atoms with van der Waals surface area (Å²) < 4.78 is 32.7. The number of halogens is 1. The molecule has 1 aromatic carbocycles. The van der Waals surface area contributed by atoms with Gasteiger partial charge in [-0.2, -0.15) is 15.0 Å². The number of hydrogen-bond acceptors (Lipinski definition) is 8. The first-order valence-corrected chi connectivity index (χ1v) is 15.0. The van der Waals surface area contributed by atoms with E-state index in [1.165, 1.54) is 0 Å². The normalized spacial score (nSPS) is 15.6. The summed E-state index contributed by atoms with van der Waals surface area (Å²) in [6, 6.07) is 11.7. The number of benzene rings is 1. The fraction of sp³-hybridized carbons (Fsp3) is 0.625. The zero-order chi connectivity index (χ0) is 30.0. The molecule has 3 rings (SSSR count). The average Bonchev–Trinajstić information content (AvgIpc) is 3.45. The molecular formula is C32H48FN5O3. The number of rotatable bonds is 17. The first-order chi connectivity index (χ1) is 19.6. The van der Waals surface area contributed by atoms with Crippen LogP contribution in [0.15, 0.2) is 40.9 Å². The first-order valence-electron chi connectivity index (χ1n) is 15.0. The molecule has 0 unspecified atom stereocenters. The van der Waals surface area contributed by atoms with E-state index in [1.807, 2.05) is 58.0 Å². The third-order valence-electron chi connectivity index (χ3n) is 7.76. The van der Waals surface area contributed by atoms with Gasteiger partial charge in [0.15, 0.2) is 0 Å². The fourth-order valence-electron chi connectivity index (χ4n) is 4.71. The maximum atomic E-state index is 14.3. The molecule has 226 valence electrons. The van der Waals surface area contributed by atoms with Crippen LogP contribution in [-0.4, -0.2) is 52.1 Å². The zero-order valence-electron chi connectivity index (χ0n) is 26.0. The molecule has 0 aliphatic rings. The minimum atomic E-state index is -0.956. The SMILES string of the molecule is CCC[C@@H](C[C@H](C)CC)Oc1cc(O[C@@H](C)[C@@H](C)C[C@@H](F)CNC)nc(-c2noc(C(C)(C)c3ccccc3)n2)n1. The van der Waals surface area contributed by atoms with Crippen molar-refractivity contribution < 1.29 is 18.4 Å². The van der Waals surface area contributed by atoms with E-state index in [9.17, 15) is 4.39 Å². The van der Waals surface area contributed by atoms with Gasteiger partial charge < -0.3 is 19.3 Å². The van der Waals surface area contributed by atoms with Gasteiger partial charge in [-0.15, -0.1) is 0 Å². The predicted octanol–water partition coefficient (Wildman–Crippen LogP) is 7.19. The minimum absolute atomic E-state index is 0.00794. The van der Waals surface area contributed by atoms with E-state index in [4.69, 9.17) is 19.0 Å². The molecule has 41 heavy (non-hydrogen) atoms. The van der Waals surface area contributed by atoms with E-state index in [2.05, 4.69) is 41.2 Å². The number of nitrogens with zero attached hydrogens (tertiary/aromatic N) is 4. The smallest absolute Gasteiger partial charge is 0.240 e. The molecule has 0 radical (unpaired) electrons. The van der Waals surface area contributed by atoms with Gasteiger partial charge in [-0.1, -0.05) is 76.0 Å². The number of aromatic nitrogens is 4. The van der Waals surface area contributed by atoms with Crippen molar-refractivity contribution in [3.8, 4) is 23.4 Å². The van der Waals surface area contributed by atoms with Gasteiger partial charge in [0.2, 0.25) is 29.3 Å². The van der Waals surface area contributed by atoms with E-state index in [0.29, 0.717) is 36.5 Å². The van der Waals surface area contributed by atoms with Crippen molar-refractivity contribution >= 4 is 0 Å². The van der Waals surface area contributed by atoms with E-state index in [-0.39, 0.29) is 29.8 Å². The molecule has 8 nitrogen and oxygen atoms in total. The molecular weight excluding hydrogens is 521 g/mol. The Balaban J connectivity index is 1.93. The second kappa shape index (κ2) is 15.2. The summed E-state index contributed by atoms with van der Waals surface area (Å²) in [5.74, 6) is 2.19. The van der Waals surface area contributed by atoms with E-state index in [1.54, 1.807) is 13.1 Å². The van der Waals surface area contributed by atoms with Crippen molar-refractivity contribution in [3.05, 3.63) is 47.9 Å². The lowest BCUT2D eigenvalue weighted by molar-refractivity contribution is 0.123. The monoisotopic (exact) mass is 569 g/mol. The maximum absolute atomic E-state index is 14.3. The summed E-state index contributed by atoms with van der Waals surface area (Å²) in [5.41, 5.74) is 0.541. The summed E-state index contributed by atoms with van der Waals surface area (Å²) >= 11 is 0. The third-order valence-corrected chi connectivity index (χ3v) is 7.76. The Kier molecular flexibility index (Phi) is 12.1. The molecule has 0 fully saturated rings. The highest BCUT2D eigenvalue weighted by Gasteiger charge is 2.31. The number of hydrogen-bond donors (Lipinski definition) is 1. The van der Waals surface area contributed by atoms with Gasteiger partial charge in [0.1, 0.15) is 18.4 Å². The topological polar surface area (TPSA) is 95.2 Å². The maximum Gasteiger partial charge on any atom is 0.240 e. The Labute approximate surface area is 244 Å². The highest BCUT2D eigenvalue weighted by atomic mass is 19.1. The van der Waals surface area contributed by atoms with Crippen LogP contribution in [0, 0.1) is 11.8 Å². The molecule has 2 aromatic heterocycles. The molecule has 9 heteroatoms. The van der Waals surface area contributed by atoms with Crippen LogP contribution >= 0.6 is 0 Å². The molecule has 3 aromatic rings. The van der Waals surface area contributed by atoms with Crippen LogP contribution in [0.4, 0.5) is 4.39 Å². The number of ether oxygens (including phenoxy) is 2. The lowest BCUT2D eigenvalue weighted by Gasteiger charge is -2.24. The lowest BCUT2D eigenvalue weighted by Crippen LogP contribution is -2.28.